The van der Waals surface area contributed by atoms with Crippen molar-refractivity contribution in [2.75, 3.05) is 4.72 Å². The second-order valence-electron chi connectivity index (χ2n) is 4.90. The third kappa shape index (κ3) is 4.31. The van der Waals surface area contributed by atoms with Gasteiger partial charge < -0.3 is 0 Å². The smallest absolute Gasteiger partial charge is 0.280 e. The lowest BCUT2D eigenvalue weighted by Crippen LogP contribution is -2.16. The average Bonchev–Trinajstić information content (AvgIpc) is 2.47. The van der Waals surface area contributed by atoms with Crippen molar-refractivity contribution in [2.45, 2.75) is 24.4 Å². The number of hydrogen-bond acceptors (Lipinski definition) is 2. The average molecular weight is 487 g/mol. The first-order chi connectivity index (χ1) is 11.0. The van der Waals surface area contributed by atoms with Gasteiger partial charge in [0.15, 0.2) is 0 Å². The van der Waals surface area contributed by atoms with E-state index in [2.05, 4.69) is 36.6 Å². The molecule has 0 fully saturated rings. The molecule has 2 aromatic carbocycles. The fraction of sp³-hybridized carbons (Fsp3) is 0.200. The van der Waals surface area contributed by atoms with E-state index in [0.717, 1.165) is 16.6 Å². The van der Waals surface area contributed by atoms with Gasteiger partial charge in [-0.1, -0.05) is 38.8 Å². The topological polar surface area (TPSA) is 46.2 Å². The third-order valence-electron chi connectivity index (χ3n) is 3.22. The van der Waals surface area contributed by atoms with E-state index in [9.17, 15) is 21.6 Å². The standard InChI is InChI=1S/C15H12Br2F3NO2S/c1-2-9-7-10(16)3-6-14(9)24(22,23)21-11-4-5-13(17)12(8-11)15(18,19)20/h3-8,21H,2H2,1H3. The Morgan fingerprint density at radius 1 is 1.08 bits per heavy atom. The second kappa shape index (κ2) is 7.05. The molecule has 0 saturated carbocycles. The Hall–Kier alpha value is -1.06. The largest absolute Gasteiger partial charge is 0.417 e. The van der Waals surface area contributed by atoms with Crippen molar-refractivity contribution in [3.05, 3.63) is 56.5 Å². The monoisotopic (exact) mass is 485 g/mol. The molecule has 0 aliphatic rings. The van der Waals surface area contributed by atoms with E-state index in [1.165, 1.54) is 12.1 Å². The van der Waals surface area contributed by atoms with Gasteiger partial charge in [0, 0.05) is 14.6 Å². The van der Waals surface area contributed by atoms with Crippen molar-refractivity contribution in [3.8, 4) is 0 Å². The van der Waals surface area contributed by atoms with Gasteiger partial charge in [-0.2, -0.15) is 13.2 Å². The summed E-state index contributed by atoms with van der Waals surface area (Å²) in [6.07, 6.45) is -4.13. The highest BCUT2D eigenvalue weighted by molar-refractivity contribution is 9.10. The van der Waals surface area contributed by atoms with Crippen LogP contribution in [0.4, 0.5) is 18.9 Å². The van der Waals surface area contributed by atoms with Crippen LogP contribution in [0.25, 0.3) is 0 Å². The Balaban J connectivity index is 2.44. The van der Waals surface area contributed by atoms with Crippen molar-refractivity contribution in [1.82, 2.24) is 0 Å². The molecule has 0 atom stereocenters. The van der Waals surface area contributed by atoms with Gasteiger partial charge in [-0.15, -0.1) is 0 Å². The van der Waals surface area contributed by atoms with Crippen LogP contribution in [0.2, 0.25) is 0 Å². The molecule has 0 saturated heterocycles. The molecule has 24 heavy (non-hydrogen) atoms. The van der Waals surface area contributed by atoms with E-state index in [0.29, 0.717) is 12.0 Å². The molecule has 0 unspecified atom stereocenters. The molecule has 0 aromatic heterocycles. The van der Waals surface area contributed by atoms with Crippen molar-refractivity contribution >= 4 is 47.6 Å². The first kappa shape index (κ1) is 19.3. The summed E-state index contributed by atoms with van der Waals surface area (Å²) in [7, 11) is -4.00. The molecular formula is C15H12Br2F3NO2S. The minimum Gasteiger partial charge on any atom is -0.280 e. The lowest BCUT2D eigenvalue weighted by Gasteiger charge is -2.14. The van der Waals surface area contributed by atoms with Crippen LogP contribution >= 0.6 is 31.9 Å². The fourth-order valence-corrected chi connectivity index (χ4v) is 4.33. The molecule has 2 aromatic rings. The highest BCUT2D eigenvalue weighted by Crippen LogP contribution is 2.36. The Morgan fingerprint density at radius 3 is 2.33 bits per heavy atom. The summed E-state index contributed by atoms with van der Waals surface area (Å²) in [5.41, 5.74) is -0.547. The maximum atomic E-state index is 12.9. The molecule has 0 radical (unpaired) electrons. The number of sulfonamides is 1. The van der Waals surface area contributed by atoms with E-state index in [-0.39, 0.29) is 15.1 Å². The van der Waals surface area contributed by atoms with Gasteiger partial charge in [0.1, 0.15) is 0 Å². The lowest BCUT2D eigenvalue weighted by molar-refractivity contribution is -0.138. The summed E-state index contributed by atoms with van der Waals surface area (Å²) in [6.45, 7) is 1.79. The van der Waals surface area contributed by atoms with E-state index < -0.39 is 21.8 Å². The van der Waals surface area contributed by atoms with Crippen molar-refractivity contribution in [3.63, 3.8) is 0 Å². The zero-order valence-corrected chi connectivity index (χ0v) is 16.3. The summed E-state index contributed by atoms with van der Waals surface area (Å²) in [4.78, 5) is 0.0321. The number of alkyl halides is 3. The number of rotatable bonds is 4. The fourth-order valence-electron chi connectivity index (χ4n) is 2.10. The Labute approximate surface area is 154 Å². The Morgan fingerprint density at radius 2 is 1.75 bits per heavy atom. The maximum Gasteiger partial charge on any atom is 0.417 e. The molecule has 2 rings (SSSR count). The van der Waals surface area contributed by atoms with E-state index in [4.69, 9.17) is 0 Å². The number of hydrogen-bond donors (Lipinski definition) is 1. The van der Waals surface area contributed by atoms with Crippen molar-refractivity contribution in [2.24, 2.45) is 0 Å². The van der Waals surface area contributed by atoms with E-state index in [1.54, 1.807) is 19.1 Å². The third-order valence-corrected chi connectivity index (χ3v) is 5.88. The highest BCUT2D eigenvalue weighted by atomic mass is 79.9. The molecule has 3 nitrogen and oxygen atoms in total. The molecule has 130 valence electrons. The summed E-state index contributed by atoms with van der Waals surface area (Å²) in [5, 5.41) is 0. The predicted molar refractivity (Wildman–Crippen MR) is 93.5 cm³/mol. The van der Waals surface area contributed by atoms with Crippen LogP contribution in [0.3, 0.4) is 0 Å². The van der Waals surface area contributed by atoms with Gasteiger partial charge in [0.05, 0.1) is 10.5 Å². The van der Waals surface area contributed by atoms with Crippen LogP contribution in [-0.4, -0.2) is 8.42 Å². The molecule has 0 spiro atoms. The van der Waals surface area contributed by atoms with Crippen LogP contribution in [0.1, 0.15) is 18.1 Å². The highest BCUT2D eigenvalue weighted by Gasteiger charge is 2.33. The molecule has 0 aliphatic carbocycles. The summed E-state index contributed by atoms with van der Waals surface area (Å²) < 4.78 is 66.6. The Kier molecular flexibility index (Phi) is 5.66. The zero-order chi connectivity index (χ0) is 18.1. The number of nitrogens with one attached hydrogen (secondary N) is 1. The zero-order valence-electron chi connectivity index (χ0n) is 12.3. The van der Waals surface area contributed by atoms with E-state index in [1.807, 2.05) is 0 Å². The SMILES string of the molecule is CCc1cc(Br)ccc1S(=O)(=O)Nc1ccc(Br)c(C(F)(F)F)c1. The number of aryl methyl sites for hydroxylation is 1. The molecule has 0 amide bonds. The molecule has 0 bridgehead atoms. The van der Waals surface area contributed by atoms with Crippen LogP contribution in [-0.2, 0) is 22.6 Å². The summed E-state index contributed by atoms with van der Waals surface area (Å²) >= 11 is 6.08. The molecule has 1 N–H and O–H groups in total. The number of benzene rings is 2. The summed E-state index contributed by atoms with van der Waals surface area (Å²) in [5.74, 6) is 0. The van der Waals surface area contributed by atoms with Crippen molar-refractivity contribution < 1.29 is 21.6 Å². The summed E-state index contributed by atoms with van der Waals surface area (Å²) in [6, 6.07) is 7.82. The van der Waals surface area contributed by atoms with Crippen LogP contribution in [0, 0.1) is 0 Å². The van der Waals surface area contributed by atoms with Gasteiger partial charge in [-0.3, -0.25) is 4.72 Å². The van der Waals surface area contributed by atoms with Gasteiger partial charge in [0.2, 0.25) is 0 Å². The second-order valence-corrected chi connectivity index (χ2v) is 8.32. The minimum absolute atomic E-state index is 0.0321. The predicted octanol–water partition coefficient (Wildman–Crippen LogP) is 5.59. The molecular weight excluding hydrogens is 475 g/mol. The van der Waals surface area contributed by atoms with Gasteiger partial charge >= 0.3 is 6.18 Å². The van der Waals surface area contributed by atoms with Crippen molar-refractivity contribution in [1.29, 1.82) is 0 Å². The minimum atomic E-state index is -4.59. The van der Waals surface area contributed by atoms with Crippen LogP contribution < -0.4 is 4.72 Å². The first-order valence-corrected chi connectivity index (χ1v) is 9.79. The number of halogens is 5. The lowest BCUT2D eigenvalue weighted by atomic mass is 10.2. The van der Waals surface area contributed by atoms with Crippen LogP contribution in [0.5, 0.6) is 0 Å². The van der Waals surface area contributed by atoms with Gasteiger partial charge in [-0.25, -0.2) is 8.42 Å². The Bertz CT molecular complexity index is 868. The molecule has 9 heteroatoms. The van der Waals surface area contributed by atoms with Gasteiger partial charge in [0.25, 0.3) is 10.0 Å². The van der Waals surface area contributed by atoms with Crippen LogP contribution in [0.15, 0.2) is 50.2 Å². The molecule has 0 aliphatic heterocycles. The quantitative estimate of drug-likeness (QED) is 0.611. The molecule has 0 heterocycles. The normalized spacial score (nSPS) is 12.2. The van der Waals surface area contributed by atoms with Gasteiger partial charge in [-0.05, 0) is 48.4 Å². The number of anilines is 1. The maximum absolute atomic E-state index is 12.9. The van der Waals surface area contributed by atoms with E-state index >= 15 is 0 Å². The first-order valence-electron chi connectivity index (χ1n) is 6.72.